The van der Waals surface area contributed by atoms with Crippen molar-refractivity contribution in [2.24, 2.45) is 11.8 Å². The lowest BCUT2D eigenvalue weighted by molar-refractivity contribution is -0.130. The molecular weight excluding hydrogens is 342 g/mol. The highest BCUT2D eigenvalue weighted by Crippen LogP contribution is 2.29. The van der Waals surface area contributed by atoms with E-state index < -0.39 is 0 Å². The van der Waals surface area contributed by atoms with Crippen LogP contribution >= 0.6 is 0 Å². The molecule has 2 aromatic rings. The summed E-state index contributed by atoms with van der Waals surface area (Å²) in [6.45, 7) is 1.71. The largest absolute Gasteiger partial charge is 0.383 e. The number of para-hydroxylation sites is 1. The summed E-state index contributed by atoms with van der Waals surface area (Å²) in [6.07, 6.45) is 5.94. The third-order valence-electron chi connectivity index (χ3n) is 5.44. The van der Waals surface area contributed by atoms with E-state index in [2.05, 4.69) is 27.8 Å². The average molecular weight is 371 g/mol. The maximum atomic E-state index is 12.4. The Labute approximate surface area is 160 Å². The molecule has 3 rings (SSSR count). The monoisotopic (exact) mass is 371 g/mol. The minimum Gasteiger partial charge on any atom is -0.383 e. The number of amides is 2. The van der Waals surface area contributed by atoms with Gasteiger partial charge in [0.2, 0.25) is 11.8 Å². The molecule has 0 atom stereocenters. The molecule has 2 amide bonds. The van der Waals surface area contributed by atoms with E-state index >= 15 is 0 Å². The van der Waals surface area contributed by atoms with E-state index in [4.69, 9.17) is 4.74 Å². The van der Waals surface area contributed by atoms with Crippen molar-refractivity contribution in [3.05, 3.63) is 36.0 Å². The van der Waals surface area contributed by atoms with Gasteiger partial charge in [0.05, 0.1) is 6.61 Å². The minimum absolute atomic E-state index is 0.0241. The van der Waals surface area contributed by atoms with Crippen LogP contribution in [0.1, 0.15) is 31.2 Å². The summed E-state index contributed by atoms with van der Waals surface area (Å²) in [5, 5.41) is 7.18. The number of methoxy groups -OCH3 is 1. The van der Waals surface area contributed by atoms with Gasteiger partial charge in [-0.05, 0) is 43.7 Å². The summed E-state index contributed by atoms with van der Waals surface area (Å²) in [5.41, 5.74) is 2.35. The minimum atomic E-state index is 0.0241. The Morgan fingerprint density at radius 3 is 2.33 bits per heavy atom. The van der Waals surface area contributed by atoms with E-state index in [9.17, 15) is 9.59 Å². The zero-order chi connectivity index (χ0) is 19.1. The number of fused-ring (bicyclic) bond motifs is 1. The first-order valence-electron chi connectivity index (χ1n) is 9.78. The molecule has 1 aliphatic carbocycles. The van der Waals surface area contributed by atoms with Crippen LogP contribution in [0, 0.1) is 11.8 Å². The number of rotatable bonds is 8. The fourth-order valence-corrected chi connectivity index (χ4v) is 3.84. The normalized spacial score (nSPS) is 19.7. The average Bonchev–Trinajstić information content (AvgIpc) is 3.11. The van der Waals surface area contributed by atoms with Crippen LogP contribution in [0.3, 0.4) is 0 Å². The molecule has 3 N–H and O–H groups in total. The molecule has 6 nitrogen and oxygen atoms in total. The van der Waals surface area contributed by atoms with Crippen LogP contribution in [-0.2, 0) is 20.7 Å². The van der Waals surface area contributed by atoms with Crippen molar-refractivity contribution in [1.82, 2.24) is 15.6 Å². The molecule has 0 saturated heterocycles. The molecule has 1 aromatic carbocycles. The second kappa shape index (κ2) is 9.55. The van der Waals surface area contributed by atoms with Gasteiger partial charge in [-0.15, -0.1) is 0 Å². The van der Waals surface area contributed by atoms with Gasteiger partial charge < -0.3 is 20.4 Å². The molecule has 0 unspecified atom stereocenters. The van der Waals surface area contributed by atoms with Crippen LogP contribution < -0.4 is 10.6 Å². The number of aromatic nitrogens is 1. The van der Waals surface area contributed by atoms with Crippen molar-refractivity contribution >= 4 is 22.7 Å². The predicted octanol–water partition coefficient (Wildman–Crippen LogP) is 2.40. The molecule has 1 aromatic heterocycles. The number of benzene rings is 1. The number of nitrogens with one attached hydrogen (secondary N) is 3. The van der Waals surface area contributed by atoms with Gasteiger partial charge >= 0.3 is 0 Å². The predicted molar refractivity (Wildman–Crippen MR) is 105 cm³/mol. The zero-order valence-corrected chi connectivity index (χ0v) is 15.9. The Morgan fingerprint density at radius 2 is 1.67 bits per heavy atom. The Kier molecular flexibility index (Phi) is 6.87. The summed E-state index contributed by atoms with van der Waals surface area (Å²) in [7, 11) is 1.62. The number of hydrogen-bond acceptors (Lipinski definition) is 3. The summed E-state index contributed by atoms with van der Waals surface area (Å²) in [6, 6.07) is 8.20. The van der Waals surface area contributed by atoms with Gasteiger partial charge in [0.25, 0.3) is 0 Å². The second-order valence-corrected chi connectivity index (χ2v) is 7.23. The highest BCUT2D eigenvalue weighted by atomic mass is 16.5. The molecular formula is C21H29N3O3. The first kappa shape index (κ1) is 19.4. The molecule has 1 heterocycles. The number of H-pyrrole nitrogens is 1. The van der Waals surface area contributed by atoms with Gasteiger partial charge in [-0.1, -0.05) is 18.2 Å². The van der Waals surface area contributed by atoms with E-state index in [1.54, 1.807) is 7.11 Å². The summed E-state index contributed by atoms with van der Waals surface area (Å²) in [4.78, 5) is 27.8. The van der Waals surface area contributed by atoms with E-state index in [1.165, 1.54) is 10.9 Å². The fourth-order valence-electron chi connectivity index (χ4n) is 3.84. The Morgan fingerprint density at radius 1 is 1.04 bits per heavy atom. The lowest BCUT2D eigenvalue weighted by atomic mass is 9.81. The molecule has 0 spiro atoms. The third kappa shape index (κ3) is 5.10. The maximum absolute atomic E-state index is 12.4. The molecule has 0 bridgehead atoms. The van der Waals surface area contributed by atoms with Gasteiger partial charge in [-0.2, -0.15) is 0 Å². The Hall–Kier alpha value is -2.34. The summed E-state index contributed by atoms with van der Waals surface area (Å²) >= 11 is 0. The first-order chi connectivity index (χ1) is 13.2. The maximum Gasteiger partial charge on any atom is 0.223 e. The first-order valence-corrected chi connectivity index (χ1v) is 9.78. The Bertz CT molecular complexity index is 763. The third-order valence-corrected chi connectivity index (χ3v) is 5.44. The van der Waals surface area contributed by atoms with Crippen molar-refractivity contribution in [2.45, 2.75) is 32.1 Å². The van der Waals surface area contributed by atoms with Gasteiger partial charge in [0.15, 0.2) is 0 Å². The lowest BCUT2D eigenvalue weighted by Crippen LogP contribution is -2.38. The zero-order valence-electron chi connectivity index (χ0n) is 15.9. The van der Waals surface area contributed by atoms with Crippen molar-refractivity contribution < 1.29 is 14.3 Å². The SMILES string of the molecule is COCCNC(=O)C1CCC(C(=O)NCCc2c[nH]c3ccccc23)CC1. The van der Waals surface area contributed by atoms with Gasteiger partial charge in [-0.25, -0.2) is 0 Å². The summed E-state index contributed by atoms with van der Waals surface area (Å²) < 4.78 is 4.95. The van der Waals surface area contributed by atoms with Crippen LogP contribution in [0.25, 0.3) is 10.9 Å². The molecule has 6 heteroatoms. The van der Waals surface area contributed by atoms with Crippen LogP contribution in [0.15, 0.2) is 30.5 Å². The van der Waals surface area contributed by atoms with Gasteiger partial charge in [0, 0.05) is 49.1 Å². The number of ether oxygens (including phenoxy) is 1. The highest BCUT2D eigenvalue weighted by Gasteiger charge is 2.29. The second-order valence-electron chi connectivity index (χ2n) is 7.23. The van der Waals surface area contributed by atoms with E-state index in [-0.39, 0.29) is 23.7 Å². The highest BCUT2D eigenvalue weighted by molar-refractivity contribution is 5.83. The topological polar surface area (TPSA) is 83.2 Å². The lowest BCUT2D eigenvalue weighted by Gasteiger charge is -2.27. The summed E-state index contributed by atoms with van der Waals surface area (Å²) in [5.74, 6) is 0.256. The van der Waals surface area contributed by atoms with E-state index in [0.717, 1.165) is 37.6 Å². The van der Waals surface area contributed by atoms with Crippen molar-refractivity contribution in [2.75, 3.05) is 26.8 Å². The van der Waals surface area contributed by atoms with E-state index in [1.807, 2.05) is 18.3 Å². The molecule has 146 valence electrons. The molecule has 27 heavy (non-hydrogen) atoms. The number of carbonyl (C=O) groups excluding carboxylic acids is 2. The molecule has 1 fully saturated rings. The van der Waals surface area contributed by atoms with Crippen molar-refractivity contribution in [3.8, 4) is 0 Å². The standard InChI is InChI=1S/C21H29N3O3/c1-27-13-12-23-21(26)16-8-6-15(7-9-16)20(25)22-11-10-17-14-24-19-5-3-2-4-18(17)19/h2-5,14-16,24H,6-13H2,1H3,(H,22,25)(H,23,26). The smallest absolute Gasteiger partial charge is 0.223 e. The quantitative estimate of drug-likeness (QED) is 0.623. The van der Waals surface area contributed by atoms with Crippen LogP contribution in [0.5, 0.6) is 0 Å². The Balaban J connectivity index is 1.39. The van der Waals surface area contributed by atoms with Crippen LogP contribution in [0.2, 0.25) is 0 Å². The molecule has 1 aliphatic rings. The number of carbonyl (C=O) groups is 2. The molecule has 0 radical (unpaired) electrons. The van der Waals surface area contributed by atoms with Crippen LogP contribution in [0.4, 0.5) is 0 Å². The van der Waals surface area contributed by atoms with Gasteiger partial charge in [-0.3, -0.25) is 9.59 Å². The number of aromatic amines is 1. The van der Waals surface area contributed by atoms with Crippen molar-refractivity contribution in [1.29, 1.82) is 0 Å². The molecule has 1 saturated carbocycles. The van der Waals surface area contributed by atoms with Gasteiger partial charge in [0.1, 0.15) is 0 Å². The van der Waals surface area contributed by atoms with E-state index in [0.29, 0.717) is 19.7 Å². The van der Waals surface area contributed by atoms with Crippen molar-refractivity contribution in [3.63, 3.8) is 0 Å². The van der Waals surface area contributed by atoms with Crippen LogP contribution in [-0.4, -0.2) is 43.6 Å². The molecule has 0 aliphatic heterocycles. The number of hydrogen-bond donors (Lipinski definition) is 3. The fraction of sp³-hybridized carbons (Fsp3) is 0.524.